The van der Waals surface area contributed by atoms with Gasteiger partial charge in [-0.15, -0.1) is 0 Å². The van der Waals surface area contributed by atoms with Crippen LogP contribution in [-0.2, 0) is 11.2 Å². The van der Waals surface area contributed by atoms with Crippen LogP contribution in [-0.4, -0.2) is 16.4 Å². The van der Waals surface area contributed by atoms with Crippen LogP contribution in [0.25, 0.3) is 5.70 Å². The summed E-state index contributed by atoms with van der Waals surface area (Å²) in [7, 11) is 0. The van der Waals surface area contributed by atoms with E-state index in [0.717, 1.165) is 5.56 Å². The van der Waals surface area contributed by atoms with Crippen LogP contribution in [0.4, 0.5) is 0 Å². The molecule has 0 fully saturated rings. The fraction of sp³-hybridized carbons (Fsp3) is 0.167. The molecule has 1 aliphatic heterocycles. The van der Waals surface area contributed by atoms with E-state index >= 15 is 0 Å². The Kier molecular flexibility index (Phi) is 4.05. The molecule has 0 amide bonds. The van der Waals surface area contributed by atoms with Crippen molar-refractivity contribution in [3.8, 4) is 0 Å². The summed E-state index contributed by atoms with van der Waals surface area (Å²) in [6.07, 6.45) is 0. The molecule has 4 heteroatoms. The third kappa shape index (κ3) is 2.56. The monoisotopic (exact) mass is 311 g/mol. The van der Waals surface area contributed by atoms with E-state index < -0.39 is 11.2 Å². The molecule has 1 N–H and O–H groups in total. The van der Waals surface area contributed by atoms with Crippen LogP contribution >= 0.6 is 0 Å². The standard InChI is InChI=1S/C18H17NO2S/c1-12(2)19-16(13-8-4-3-5-9-13)18-17(20)14-10-6-7-11-15(14)22(18)21/h3-12,19H,1-2H3. The molecule has 0 aromatic heterocycles. The van der Waals surface area contributed by atoms with Gasteiger partial charge in [-0.3, -0.25) is 4.79 Å². The Morgan fingerprint density at radius 2 is 1.68 bits per heavy atom. The lowest BCUT2D eigenvalue weighted by atomic mass is 10.1. The molecule has 2 aromatic rings. The maximum atomic E-state index is 12.8. The summed E-state index contributed by atoms with van der Waals surface area (Å²) in [6.45, 7) is 4.00. The van der Waals surface area contributed by atoms with Gasteiger partial charge in [0.2, 0.25) is 10.7 Å². The van der Waals surface area contributed by atoms with Crippen molar-refractivity contribution in [2.45, 2.75) is 24.8 Å². The van der Waals surface area contributed by atoms with Crippen molar-refractivity contribution in [3.05, 3.63) is 70.6 Å². The number of benzene rings is 2. The average Bonchev–Trinajstić information content (AvgIpc) is 2.78. The van der Waals surface area contributed by atoms with Gasteiger partial charge in [-0.25, -0.2) is 0 Å². The summed E-state index contributed by atoms with van der Waals surface area (Å²) in [5.74, 6) is -0.152. The van der Waals surface area contributed by atoms with Crippen molar-refractivity contribution in [1.82, 2.24) is 5.32 Å². The maximum absolute atomic E-state index is 12.8. The lowest BCUT2D eigenvalue weighted by Crippen LogP contribution is -2.24. The topological polar surface area (TPSA) is 52.2 Å². The zero-order valence-corrected chi connectivity index (χ0v) is 13.3. The van der Waals surface area contributed by atoms with Gasteiger partial charge in [0.15, 0.2) is 4.90 Å². The Labute approximate surface area is 133 Å². The van der Waals surface area contributed by atoms with E-state index in [-0.39, 0.29) is 11.8 Å². The van der Waals surface area contributed by atoms with E-state index in [9.17, 15) is 9.35 Å². The SMILES string of the molecule is CC(C)NC(=C1C(=O)c2ccccc2[S+]1[O-])c1ccccc1. The number of nitrogens with one attached hydrogen (secondary N) is 1. The largest absolute Gasteiger partial charge is 0.606 e. The second kappa shape index (κ2) is 5.99. The second-order valence-corrected chi connectivity index (χ2v) is 6.85. The Balaban J connectivity index is 2.18. The van der Waals surface area contributed by atoms with Gasteiger partial charge in [0.25, 0.3) is 0 Å². The lowest BCUT2D eigenvalue weighted by molar-refractivity contribution is 0.104. The third-order valence-corrected chi connectivity index (χ3v) is 4.96. The molecule has 1 aliphatic rings. The molecule has 3 rings (SSSR count). The molecule has 112 valence electrons. The quantitative estimate of drug-likeness (QED) is 0.698. The van der Waals surface area contributed by atoms with Gasteiger partial charge in [0.1, 0.15) is 5.70 Å². The van der Waals surface area contributed by atoms with Crippen molar-refractivity contribution in [2.24, 2.45) is 0 Å². The van der Waals surface area contributed by atoms with Crippen LogP contribution in [0.15, 0.2) is 64.4 Å². The number of hydrogen-bond acceptors (Lipinski definition) is 3. The molecular formula is C18H17NO2S. The van der Waals surface area contributed by atoms with Crippen molar-refractivity contribution >= 4 is 22.7 Å². The first kappa shape index (κ1) is 14.9. The van der Waals surface area contributed by atoms with Crippen LogP contribution in [0, 0.1) is 0 Å². The first-order valence-electron chi connectivity index (χ1n) is 7.21. The number of ketones is 1. The molecule has 1 unspecified atom stereocenters. The van der Waals surface area contributed by atoms with Crippen LogP contribution in [0.3, 0.4) is 0 Å². The minimum atomic E-state index is -1.45. The molecule has 0 aliphatic carbocycles. The predicted octanol–water partition coefficient (Wildman–Crippen LogP) is 3.36. The molecule has 3 nitrogen and oxygen atoms in total. The molecule has 2 aromatic carbocycles. The first-order valence-corrected chi connectivity index (χ1v) is 8.36. The summed E-state index contributed by atoms with van der Waals surface area (Å²) >= 11 is -1.45. The highest BCUT2D eigenvalue weighted by Gasteiger charge is 2.41. The third-order valence-electron chi connectivity index (χ3n) is 3.45. The molecule has 1 heterocycles. The van der Waals surface area contributed by atoms with Gasteiger partial charge in [-0.1, -0.05) is 42.5 Å². The van der Waals surface area contributed by atoms with Gasteiger partial charge in [-0.2, -0.15) is 0 Å². The Morgan fingerprint density at radius 3 is 2.32 bits per heavy atom. The number of Topliss-reactive ketones (excluding diaryl/α,β-unsaturated/α-hetero) is 1. The number of carbonyl (C=O) groups excluding carboxylic acids is 1. The van der Waals surface area contributed by atoms with Gasteiger partial charge in [-0.05, 0) is 26.0 Å². The fourth-order valence-corrected chi connectivity index (χ4v) is 3.94. The molecule has 0 radical (unpaired) electrons. The zero-order chi connectivity index (χ0) is 15.7. The molecule has 0 saturated heterocycles. The molecule has 0 bridgehead atoms. The molecule has 22 heavy (non-hydrogen) atoms. The zero-order valence-electron chi connectivity index (χ0n) is 12.5. The smallest absolute Gasteiger partial charge is 0.248 e. The van der Waals surface area contributed by atoms with Gasteiger partial charge in [0, 0.05) is 22.8 Å². The molecule has 0 saturated carbocycles. The van der Waals surface area contributed by atoms with E-state index in [1.165, 1.54) is 0 Å². The maximum Gasteiger partial charge on any atom is 0.248 e. The first-order chi connectivity index (χ1) is 10.6. The van der Waals surface area contributed by atoms with E-state index in [1.54, 1.807) is 18.2 Å². The summed E-state index contributed by atoms with van der Waals surface area (Å²) in [4.78, 5) is 13.7. The number of carbonyl (C=O) groups is 1. The van der Waals surface area contributed by atoms with Crippen molar-refractivity contribution < 1.29 is 9.35 Å². The van der Waals surface area contributed by atoms with E-state index in [2.05, 4.69) is 5.32 Å². The minimum Gasteiger partial charge on any atom is -0.606 e. The number of fused-ring (bicyclic) bond motifs is 1. The molecular weight excluding hydrogens is 294 g/mol. The molecule has 0 spiro atoms. The summed E-state index contributed by atoms with van der Waals surface area (Å²) in [5, 5.41) is 3.30. The van der Waals surface area contributed by atoms with E-state index in [0.29, 0.717) is 21.1 Å². The second-order valence-electron chi connectivity index (χ2n) is 5.46. The van der Waals surface area contributed by atoms with Gasteiger partial charge < -0.3 is 9.87 Å². The number of allylic oxidation sites excluding steroid dienone is 1. The van der Waals surface area contributed by atoms with Crippen molar-refractivity contribution in [2.75, 3.05) is 0 Å². The predicted molar refractivity (Wildman–Crippen MR) is 88.8 cm³/mol. The lowest BCUT2D eigenvalue weighted by Gasteiger charge is -2.16. The number of rotatable bonds is 3. The Morgan fingerprint density at radius 1 is 1.05 bits per heavy atom. The highest BCUT2D eigenvalue weighted by Crippen LogP contribution is 2.37. The fourth-order valence-electron chi connectivity index (χ4n) is 2.51. The summed E-state index contributed by atoms with van der Waals surface area (Å²) < 4.78 is 12.8. The highest BCUT2D eigenvalue weighted by atomic mass is 32.2. The van der Waals surface area contributed by atoms with E-state index in [1.807, 2.05) is 50.2 Å². The van der Waals surface area contributed by atoms with Crippen molar-refractivity contribution in [3.63, 3.8) is 0 Å². The minimum absolute atomic E-state index is 0.135. The number of hydrogen-bond donors (Lipinski definition) is 1. The summed E-state index contributed by atoms with van der Waals surface area (Å²) in [6, 6.07) is 16.8. The van der Waals surface area contributed by atoms with Crippen molar-refractivity contribution in [1.29, 1.82) is 0 Å². The summed E-state index contributed by atoms with van der Waals surface area (Å²) in [5.41, 5.74) is 2.07. The van der Waals surface area contributed by atoms with Crippen LogP contribution in [0.1, 0.15) is 29.8 Å². The van der Waals surface area contributed by atoms with Crippen LogP contribution in [0.5, 0.6) is 0 Å². The van der Waals surface area contributed by atoms with Crippen LogP contribution < -0.4 is 5.32 Å². The van der Waals surface area contributed by atoms with E-state index in [4.69, 9.17) is 0 Å². The molecule has 1 atom stereocenters. The van der Waals surface area contributed by atoms with Gasteiger partial charge >= 0.3 is 0 Å². The highest BCUT2D eigenvalue weighted by molar-refractivity contribution is 7.97. The Bertz CT molecular complexity index is 738. The Hall–Kier alpha value is -2.04. The normalized spacial score (nSPS) is 19.3. The van der Waals surface area contributed by atoms with Gasteiger partial charge in [0.05, 0.1) is 5.56 Å². The average molecular weight is 311 g/mol. The van der Waals surface area contributed by atoms with Crippen LogP contribution in [0.2, 0.25) is 0 Å².